The van der Waals surface area contributed by atoms with Crippen LogP contribution < -0.4 is 4.74 Å². The van der Waals surface area contributed by atoms with E-state index in [0.29, 0.717) is 0 Å². The number of ether oxygens (including phenoxy) is 1. The van der Waals surface area contributed by atoms with Gasteiger partial charge in [-0.15, -0.1) is 11.3 Å². The van der Waals surface area contributed by atoms with Crippen LogP contribution in [0.4, 0.5) is 0 Å². The molecular formula is C19H15N3OS. The van der Waals surface area contributed by atoms with E-state index >= 15 is 0 Å². The average Bonchev–Trinajstić information content (AvgIpc) is 3.32. The molecule has 5 rings (SSSR count). The summed E-state index contributed by atoms with van der Waals surface area (Å²) in [5, 5.41) is 9.10. The Morgan fingerprint density at radius 1 is 1.08 bits per heavy atom. The molecule has 0 unspecified atom stereocenters. The Kier molecular flexibility index (Phi) is 3.13. The van der Waals surface area contributed by atoms with E-state index in [1.165, 1.54) is 10.4 Å². The Hall–Kier alpha value is -2.66. The second kappa shape index (κ2) is 5.46. The van der Waals surface area contributed by atoms with Crippen LogP contribution in [0.5, 0.6) is 5.75 Å². The van der Waals surface area contributed by atoms with Crippen molar-refractivity contribution >= 4 is 17.0 Å². The Morgan fingerprint density at radius 2 is 2.04 bits per heavy atom. The number of thiophene rings is 1. The number of hydrogen-bond acceptors (Lipinski definition) is 5. The van der Waals surface area contributed by atoms with Gasteiger partial charge in [0.15, 0.2) is 0 Å². The molecule has 118 valence electrons. The SMILES string of the molecule is c1cncc(C2=NN3[C@H](C2)c2ccccc2O[C@@H]3c2cccs2)c1. The summed E-state index contributed by atoms with van der Waals surface area (Å²) in [5.41, 5.74) is 3.34. The maximum absolute atomic E-state index is 6.29. The average molecular weight is 333 g/mol. The second-order valence-corrected chi connectivity index (χ2v) is 6.89. The summed E-state index contributed by atoms with van der Waals surface area (Å²) in [6, 6.07) is 16.7. The number of para-hydroxylation sites is 1. The van der Waals surface area contributed by atoms with Crippen LogP contribution in [0.2, 0.25) is 0 Å². The van der Waals surface area contributed by atoms with Gasteiger partial charge in [0.2, 0.25) is 6.23 Å². The minimum Gasteiger partial charge on any atom is -0.464 e. The van der Waals surface area contributed by atoms with Gasteiger partial charge in [-0.25, -0.2) is 5.01 Å². The molecule has 0 saturated carbocycles. The van der Waals surface area contributed by atoms with E-state index in [-0.39, 0.29) is 12.3 Å². The summed E-state index contributed by atoms with van der Waals surface area (Å²) in [6.07, 6.45) is 4.37. The number of rotatable bonds is 2. The van der Waals surface area contributed by atoms with Crippen LogP contribution in [-0.2, 0) is 0 Å². The predicted molar refractivity (Wildman–Crippen MR) is 94.1 cm³/mol. The summed E-state index contributed by atoms with van der Waals surface area (Å²) >= 11 is 1.70. The topological polar surface area (TPSA) is 37.7 Å². The Morgan fingerprint density at radius 3 is 2.88 bits per heavy atom. The quantitative estimate of drug-likeness (QED) is 0.698. The number of pyridine rings is 1. The van der Waals surface area contributed by atoms with Gasteiger partial charge in [-0.2, -0.15) is 5.10 Å². The van der Waals surface area contributed by atoms with Gasteiger partial charge in [0.25, 0.3) is 0 Å². The van der Waals surface area contributed by atoms with Crippen LogP contribution in [0.15, 0.2) is 71.4 Å². The molecule has 0 fully saturated rings. The summed E-state index contributed by atoms with van der Waals surface area (Å²) in [4.78, 5) is 5.40. The van der Waals surface area contributed by atoms with E-state index < -0.39 is 0 Å². The van der Waals surface area contributed by atoms with Crippen molar-refractivity contribution in [2.75, 3.05) is 0 Å². The van der Waals surface area contributed by atoms with Gasteiger partial charge in [0.05, 0.1) is 16.6 Å². The van der Waals surface area contributed by atoms with Crippen molar-refractivity contribution in [1.29, 1.82) is 0 Å². The fraction of sp³-hybridized carbons (Fsp3) is 0.158. The maximum atomic E-state index is 6.29. The fourth-order valence-electron chi connectivity index (χ4n) is 3.36. The smallest absolute Gasteiger partial charge is 0.222 e. The van der Waals surface area contributed by atoms with Crippen molar-refractivity contribution in [1.82, 2.24) is 9.99 Å². The standard InChI is InChI=1S/C19H15N3OS/c1-2-7-17-14(6-1)16-11-15(13-5-3-9-20-12-13)21-22(16)19(23-17)18-8-4-10-24-18/h1-10,12,16,19H,11H2/t16-,19-/m1/s1. The molecular weight excluding hydrogens is 318 g/mol. The number of nitrogens with zero attached hydrogens (tertiary/aromatic N) is 3. The van der Waals surface area contributed by atoms with E-state index in [0.717, 1.165) is 23.4 Å². The van der Waals surface area contributed by atoms with E-state index in [1.54, 1.807) is 17.5 Å². The molecule has 4 nitrogen and oxygen atoms in total. The van der Waals surface area contributed by atoms with Crippen LogP contribution in [0.3, 0.4) is 0 Å². The summed E-state index contributed by atoms with van der Waals surface area (Å²) in [7, 11) is 0. The van der Waals surface area contributed by atoms with E-state index in [9.17, 15) is 0 Å². The molecule has 2 aliphatic rings. The van der Waals surface area contributed by atoms with E-state index in [2.05, 4.69) is 51.8 Å². The first-order valence-electron chi connectivity index (χ1n) is 7.95. The Balaban J connectivity index is 1.61. The zero-order chi connectivity index (χ0) is 15.9. The van der Waals surface area contributed by atoms with Crippen molar-refractivity contribution in [3.8, 4) is 5.75 Å². The van der Waals surface area contributed by atoms with Gasteiger partial charge >= 0.3 is 0 Å². The van der Waals surface area contributed by atoms with Crippen LogP contribution >= 0.6 is 11.3 Å². The minimum atomic E-state index is -0.168. The molecule has 5 heteroatoms. The lowest BCUT2D eigenvalue weighted by atomic mass is 9.97. The molecule has 0 aliphatic carbocycles. The highest BCUT2D eigenvalue weighted by Crippen LogP contribution is 2.47. The zero-order valence-electron chi connectivity index (χ0n) is 12.9. The van der Waals surface area contributed by atoms with Crippen molar-refractivity contribution < 1.29 is 4.74 Å². The Bertz CT molecular complexity index is 892. The molecule has 24 heavy (non-hydrogen) atoms. The van der Waals surface area contributed by atoms with Crippen LogP contribution in [0.25, 0.3) is 0 Å². The first-order valence-corrected chi connectivity index (χ1v) is 8.83. The highest BCUT2D eigenvalue weighted by Gasteiger charge is 2.41. The number of benzene rings is 1. The number of fused-ring (bicyclic) bond motifs is 3. The highest BCUT2D eigenvalue weighted by molar-refractivity contribution is 7.10. The molecule has 2 aromatic heterocycles. The summed E-state index contributed by atoms with van der Waals surface area (Å²) in [6.45, 7) is 0. The molecule has 4 heterocycles. The van der Waals surface area contributed by atoms with Gasteiger partial charge < -0.3 is 4.74 Å². The predicted octanol–water partition coefficient (Wildman–Crippen LogP) is 4.39. The molecule has 2 aliphatic heterocycles. The summed E-state index contributed by atoms with van der Waals surface area (Å²) in [5.74, 6) is 0.958. The molecule has 0 saturated heterocycles. The lowest BCUT2D eigenvalue weighted by molar-refractivity contribution is -0.0165. The van der Waals surface area contributed by atoms with Crippen LogP contribution in [-0.4, -0.2) is 15.7 Å². The van der Waals surface area contributed by atoms with Crippen LogP contribution in [0.1, 0.15) is 34.7 Å². The van der Waals surface area contributed by atoms with Crippen molar-refractivity contribution in [2.24, 2.45) is 5.10 Å². The van der Waals surface area contributed by atoms with E-state index in [4.69, 9.17) is 9.84 Å². The number of hydrogen-bond donors (Lipinski definition) is 0. The molecule has 0 bridgehead atoms. The third-order valence-corrected chi connectivity index (χ3v) is 5.38. The molecule has 0 spiro atoms. The van der Waals surface area contributed by atoms with Gasteiger partial charge in [0.1, 0.15) is 5.75 Å². The summed E-state index contributed by atoms with van der Waals surface area (Å²) < 4.78 is 6.29. The minimum absolute atomic E-state index is 0.168. The van der Waals surface area contributed by atoms with E-state index in [1.807, 2.05) is 18.3 Å². The van der Waals surface area contributed by atoms with Crippen molar-refractivity contribution in [2.45, 2.75) is 18.7 Å². The van der Waals surface area contributed by atoms with Gasteiger partial charge in [-0.05, 0) is 23.6 Å². The third-order valence-electron chi connectivity index (χ3n) is 4.48. The first kappa shape index (κ1) is 13.7. The Labute approximate surface area is 144 Å². The number of aromatic nitrogens is 1. The lowest BCUT2D eigenvalue weighted by Gasteiger charge is -2.37. The van der Waals surface area contributed by atoms with Crippen LogP contribution in [0, 0.1) is 0 Å². The monoisotopic (exact) mass is 333 g/mol. The highest BCUT2D eigenvalue weighted by atomic mass is 32.1. The first-order chi connectivity index (χ1) is 11.9. The third kappa shape index (κ3) is 2.12. The second-order valence-electron chi connectivity index (χ2n) is 5.91. The molecule has 0 amide bonds. The normalized spacial score (nSPS) is 21.7. The van der Waals surface area contributed by atoms with Gasteiger partial charge in [-0.3, -0.25) is 4.98 Å². The molecule has 0 N–H and O–H groups in total. The molecule has 0 radical (unpaired) electrons. The molecule has 1 aromatic carbocycles. The van der Waals surface area contributed by atoms with Crippen molar-refractivity contribution in [3.05, 3.63) is 82.3 Å². The zero-order valence-corrected chi connectivity index (χ0v) is 13.7. The van der Waals surface area contributed by atoms with Crippen molar-refractivity contribution in [3.63, 3.8) is 0 Å². The van der Waals surface area contributed by atoms with Gasteiger partial charge in [-0.1, -0.05) is 30.3 Å². The molecule has 2 atom stereocenters. The largest absolute Gasteiger partial charge is 0.464 e. The number of hydrazone groups is 1. The molecule has 3 aromatic rings. The van der Waals surface area contributed by atoms with Gasteiger partial charge in [0, 0.05) is 29.9 Å². The maximum Gasteiger partial charge on any atom is 0.222 e. The lowest BCUT2D eigenvalue weighted by Crippen LogP contribution is -2.33. The fourth-order valence-corrected chi connectivity index (χ4v) is 4.11.